The third kappa shape index (κ3) is 6.16. The largest absolute Gasteiger partial charge is 0.410 e. The molecule has 1 aromatic carbocycles. The van der Waals surface area contributed by atoms with Gasteiger partial charge in [0, 0.05) is 19.0 Å². The van der Waals surface area contributed by atoms with Gasteiger partial charge in [0.1, 0.15) is 5.82 Å². The first-order chi connectivity index (χ1) is 15.5. The predicted octanol–water partition coefficient (Wildman–Crippen LogP) is 4.43. The molecule has 0 radical (unpaired) electrons. The predicted molar refractivity (Wildman–Crippen MR) is 125 cm³/mol. The van der Waals surface area contributed by atoms with Crippen LogP contribution >= 0.6 is 12.2 Å². The van der Waals surface area contributed by atoms with E-state index in [2.05, 4.69) is 40.4 Å². The van der Waals surface area contributed by atoms with Crippen LogP contribution in [-0.2, 0) is 0 Å². The number of nitrogens with zero attached hydrogens (tertiary/aromatic N) is 2. The number of alkyl halides is 3. The summed E-state index contributed by atoms with van der Waals surface area (Å²) in [4.78, 5) is 12.5. The van der Waals surface area contributed by atoms with E-state index in [1.165, 1.54) is 6.07 Å². The zero-order chi connectivity index (χ0) is 24.3. The van der Waals surface area contributed by atoms with Crippen molar-refractivity contribution in [1.82, 2.24) is 25.9 Å². The highest BCUT2D eigenvalue weighted by molar-refractivity contribution is 7.80. The van der Waals surface area contributed by atoms with Gasteiger partial charge in [-0.2, -0.15) is 18.3 Å². The third-order valence-electron chi connectivity index (χ3n) is 5.39. The number of hydrogen-bond acceptors (Lipinski definition) is 4. The summed E-state index contributed by atoms with van der Waals surface area (Å²) < 4.78 is 42.4. The summed E-state index contributed by atoms with van der Waals surface area (Å²) in [5.74, 6) is 0.115. The van der Waals surface area contributed by atoms with E-state index in [4.69, 9.17) is 12.2 Å². The van der Waals surface area contributed by atoms with E-state index in [1.54, 1.807) is 0 Å². The molecule has 4 N–H and O–H groups in total. The SMILES string of the molecule is CC(C)CNC(=S)NNC(=O)c1cc2n(n1)[C@@H](C(F)(F)F)C[C@H](c1ccc(C(C)C)cc1)N2. The molecule has 7 nitrogen and oxygen atoms in total. The number of nitrogens with one attached hydrogen (secondary N) is 4. The van der Waals surface area contributed by atoms with Crippen molar-refractivity contribution < 1.29 is 18.0 Å². The molecule has 3 rings (SSSR count). The highest BCUT2D eigenvalue weighted by Crippen LogP contribution is 2.43. The van der Waals surface area contributed by atoms with Gasteiger partial charge in [0.2, 0.25) is 0 Å². The second-order valence-corrected chi connectivity index (χ2v) is 9.26. The molecular weight excluding hydrogens is 453 g/mol. The first kappa shape index (κ1) is 24.8. The lowest BCUT2D eigenvalue weighted by molar-refractivity contribution is -0.173. The van der Waals surface area contributed by atoms with Crippen LogP contribution in [0.25, 0.3) is 0 Å². The van der Waals surface area contributed by atoms with Gasteiger partial charge in [-0.15, -0.1) is 0 Å². The Morgan fingerprint density at radius 3 is 2.45 bits per heavy atom. The van der Waals surface area contributed by atoms with Crippen LogP contribution in [0.2, 0.25) is 0 Å². The number of thiocarbonyl (C=S) groups is 1. The minimum atomic E-state index is -4.52. The topological polar surface area (TPSA) is 83.0 Å². The molecule has 1 aromatic heterocycles. The molecule has 0 fully saturated rings. The number of benzene rings is 1. The number of carbonyl (C=O) groups is 1. The van der Waals surface area contributed by atoms with Crippen LogP contribution < -0.4 is 21.5 Å². The standard InChI is InChI=1S/C22H29F3N6OS/c1-12(2)11-26-21(33)29-28-20(32)17-10-19-27-16(9-18(22(23,24)25)31(19)30-17)15-7-5-14(6-8-15)13(3)4/h5-8,10,12-13,16,18,27H,9,11H2,1-4H3,(H,28,32)(H2,26,29,33)/t16-,18-/m1/s1. The zero-order valence-corrected chi connectivity index (χ0v) is 19.8. The number of hydrogen-bond donors (Lipinski definition) is 4. The number of fused-ring (bicyclic) bond motifs is 1. The van der Waals surface area contributed by atoms with Crippen LogP contribution in [0.4, 0.5) is 19.0 Å². The van der Waals surface area contributed by atoms with E-state index in [1.807, 2.05) is 38.1 Å². The molecule has 0 bridgehead atoms. The molecule has 2 atom stereocenters. The Morgan fingerprint density at radius 1 is 1.21 bits per heavy atom. The Kier molecular flexibility index (Phi) is 7.51. The maximum Gasteiger partial charge on any atom is 0.410 e. The van der Waals surface area contributed by atoms with E-state index in [9.17, 15) is 18.0 Å². The van der Waals surface area contributed by atoms with Crippen LogP contribution in [0.15, 0.2) is 30.3 Å². The number of aromatic nitrogens is 2. The van der Waals surface area contributed by atoms with Crippen molar-refractivity contribution in [2.75, 3.05) is 11.9 Å². The van der Waals surface area contributed by atoms with Gasteiger partial charge < -0.3 is 10.6 Å². The van der Waals surface area contributed by atoms with Gasteiger partial charge in [-0.25, -0.2) is 4.68 Å². The fraction of sp³-hybridized carbons (Fsp3) is 0.500. The zero-order valence-electron chi connectivity index (χ0n) is 19.0. The summed E-state index contributed by atoms with van der Waals surface area (Å²) in [5, 5.41) is 10.2. The van der Waals surface area contributed by atoms with Crippen LogP contribution in [0.5, 0.6) is 0 Å². The quantitative estimate of drug-likeness (QED) is 0.373. The monoisotopic (exact) mass is 482 g/mol. The molecule has 0 saturated carbocycles. The molecular formula is C22H29F3N6OS. The molecule has 180 valence electrons. The number of hydrazine groups is 1. The summed E-state index contributed by atoms with van der Waals surface area (Å²) in [7, 11) is 0. The van der Waals surface area contributed by atoms with Crippen molar-refractivity contribution in [3.05, 3.63) is 47.2 Å². The lowest BCUT2D eigenvalue weighted by atomic mass is 9.94. The summed E-state index contributed by atoms with van der Waals surface area (Å²) in [6.45, 7) is 8.72. The summed E-state index contributed by atoms with van der Waals surface area (Å²) in [6.07, 6.45) is -4.75. The number of rotatable bonds is 5. The number of halogens is 3. The molecule has 1 aliphatic heterocycles. The highest BCUT2D eigenvalue weighted by atomic mass is 32.1. The number of amides is 1. The third-order valence-corrected chi connectivity index (χ3v) is 5.63. The molecule has 1 aliphatic rings. The van der Waals surface area contributed by atoms with Crippen LogP contribution in [0.1, 0.15) is 73.7 Å². The second-order valence-electron chi connectivity index (χ2n) is 8.85. The Morgan fingerprint density at radius 2 is 1.88 bits per heavy atom. The van der Waals surface area contributed by atoms with Crippen LogP contribution in [0.3, 0.4) is 0 Å². The fourth-order valence-corrected chi connectivity index (χ4v) is 3.67. The van der Waals surface area contributed by atoms with Crippen molar-refractivity contribution in [3.63, 3.8) is 0 Å². The molecule has 11 heteroatoms. The minimum absolute atomic E-state index is 0.132. The molecule has 2 heterocycles. The van der Waals surface area contributed by atoms with Gasteiger partial charge in [0.05, 0.1) is 6.04 Å². The lowest BCUT2D eigenvalue weighted by Crippen LogP contribution is -2.47. The van der Waals surface area contributed by atoms with Gasteiger partial charge in [0.25, 0.3) is 5.91 Å². The van der Waals surface area contributed by atoms with E-state index < -0.39 is 24.2 Å². The van der Waals surface area contributed by atoms with E-state index >= 15 is 0 Å². The van der Waals surface area contributed by atoms with Crippen molar-refractivity contribution in [2.45, 2.75) is 58.3 Å². The molecule has 0 saturated heterocycles. The maximum absolute atomic E-state index is 13.9. The smallest absolute Gasteiger partial charge is 0.363 e. The maximum atomic E-state index is 13.9. The van der Waals surface area contributed by atoms with E-state index in [-0.39, 0.29) is 23.0 Å². The first-order valence-electron chi connectivity index (χ1n) is 10.8. The molecule has 0 unspecified atom stereocenters. The van der Waals surface area contributed by atoms with E-state index in [0.29, 0.717) is 18.4 Å². The van der Waals surface area contributed by atoms with Gasteiger partial charge in [-0.1, -0.05) is 52.0 Å². The first-order valence-corrected chi connectivity index (χ1v) is 11.2. The second kappa shape index (κ2) is 9.98. The van der Waals surface area contributed by atoms with Crippen LogP contribution in [0, 0.1) is 5.92 Å². The average molecular weight is 483 g/mol. The number of carbonyl (C=O) groups excluding carboxylic acids is 1. The average Bonchev–Trinajstić information content (AvgIpc) is 3.18. The molecule has 2 aromatic rings. The normalized spacial score (nSPS) is 18.0. The van der Waals surface area contributed by atoms with Gasteiger partial charge in [-0.3, -0.25) is 15.6 Å². The molecule has 0 spiro atoms. The van der Waals surface area contributed by atoms with Crippen molar-refractivity contribution in [3.8, 4) is 0 Å². The molecule has 0 aliphatic carbocycles. The Bertz CT molecular complexity index is 987. The lowest BCUT2D eigenvalue weighted by Gasteiger charge is -2.33. The summed E-state index contributed by atoms with van der Waals surface area (Å²) >= 11 is 5.07. The van der Waals surface area contributed by atoms with Crippen molar-refractivity contribution >= 4 is 29.1 Å². The Balaban J connectivity index is 1.77. The summed E-state index contributed by atoms with van der Waals surface area (Å²) in [5.41, 5.74) is 6.61. The molecule has 33 heavy (non-hydrogen) atoms. The highest BCUT2D eigenvalue weighted by Gasteiger charge is 2.46. The van der Waals surface area contributed by atoms with Crippen molar-refractivity contribution in [1.29, 1.82) is 0 Å². The van der Waals surface area contributed by atoms with Crippen LogP contribution in [-0.4, -0.2) is 33.5 Å². The number of anilines is 1. The molecule has 1 amide bonds. The fourth-order valence-electron chi connectivity index (χ4n) is 3.53. The minimum Gasteiger partial charge on any atom is -0.363 e. The van der Waals surface area contributed by atoms with Gasteiger partial charge in [0.15, 0.2) is 16.8 Å². The summed E-state index contributed by atoms with van der Waals surface area (Å²) in [6, 6.07) is 6.43. The van der Waals surface area contributed by atoms with Gasteiger partial charge >= 0.3 is 6.18 Å². The van der Waals surface area contributed by atoms with Crippen molar-refractivity contribution in [2.24, 2.45) is 5.92 Å². The Labute approximate surface area is 196 Å². The van der Waals surface area contributed by atoms with Gasteiger partial charge in [-0.05, 0) is 35.2 Å². The van der Waals surface area contributed by atoms with E-state index in [0.717, 1.165) is 15.8 Å². The Hall–Kier alpha value is -2.82.